The molecule has 0 bridgehead atoms. The van der Waals surface area contributed by atoms with Crippen molar-refractivity contribution in [1.82, 2.24) is 24.2 Å². The van der Waals surface area contributed by atoms with Crippen LogP contribution in [0.3, 0.4) is 0 Å². The van der Waals surface area contributed by atoms with Gasteiger partial charge in [-0.15, -0.1) is 0 Å². The van der Waals surface area contributed by atoms with Crippen LogP contribution in [-0.4, -0.2) is 72.4 Å². The monoisotopic (exact) mass is 1030 g/mol. The van der Waals surface area contributed by atoms with Crippen molar-refractivity contribution < 1.29 is 18.4 Å². The predicted octanol–water partition coefficient (Wildman–Crippen LogP) is 16.7. The number of ether oxygens (including phenoxy) is 1. The molecule has 3 atom stereocenters. The van der Waals surface area contributed by atoms with Crippen molar-refractivity contribution in [2.24, 2.45) is 0 Å². The van der Waals surface area contributed by atoms with Gasteiger partial charge in [-0.2, -0.15) is 0 Å². The van der Waals surface area contributed by atoms with Crippen LogP contribution < -0.4 is 16.6 Å². The van der Waals surface area contributed by atoms with E-state index in [1.807, 2.05) is 7.05 Å². The number of nitrogens with one attached hydrogen (secondary N) is 2. The Kier molecular flexibility index (Phi) is 43.5. The summed E-state index contributed by atoms with van der Waals surface area (Å²) in [4.78, 5) is 26.1. The van der Waals surface area contributed by atoms with Gasteiger partial charge in [0.25, 0.3) is 5.56 Å². The first kappa shape index (κ1) is 65.8. The molecule has 0 amide bonds. The van der Waals surface area contributed by atoms with E-state index in [1.165, 1.54) is 191 Å². The van der Waals surface area contributed by atoms with E-state index >= 15 is 0 Å². The van der Waals surface area contributed by atoms with Crippen molar-refractivity contribution in [1.29, 1.82) is 0 Å². The highest BCUT2D eigenvalue weighted by Crippen LogP contribution is 2.59. The fraction of sp³-hybridized carbons (Fsp3) is 0.920. The Morgan fingerprint density at radius 3 is 1.45 bits per heavy atom. The average Bonchev–Trinajstić information content (AvgIpc) is 3.29. The van der Waals surface area contributed by atoms with Gasteiger partial charge >= 0.3 is 18.6 Å². The Balaban J connectivity index is 0.00000110. The van der Waals surface area contributed by atoms with Crippen molar-refractivity contribution in [2.75, 3.05) is 47.4 Å². The van der Waals surface area contributed by atoms with Gasteiger partial charge in [-0.1, -0.05) is 194 Å². The number of unbranched alkanes of at least 4 members (excludes halogenated alkanes) is 27. The summed E-state index contributed by atoms with van der Waals surface area (Å²) in [6.45, 7) is 7.61. The smallest absolute Gasteiger partial charge is 0.352 e. The molecular formula is C50H100Cl3N5O6P2. The molecule has 1 aromatic rings. The van der Waals surface area contributed by atoms with Crippen LogP contribution in [-0.2, 0) is 18.4 Å². The van der Waals surface area contributed by atoms with Crippen molar-refractivity contribution in [3.8, 4) is 0 Å². The van der Waals surface area contributed by atoms with Gasteiger partial charge in [-0.25, -0.2) is 14.1 Å². The lowest BCUT2D eigenvalue weighted by molar-refractivity contribution is -0.105. The molecule has 0 spiro atoms. The quantitative estimate of drug-likeness (QED) is 0.0490. The fourth-order valence-corrected chi connectivity index (χ4v) is 10.1. The van der Waals surface area contributed by atoms with E-state index < -0.39 is 30.3 Å². The summed E-state index contributed by atoms with van der Waals surface area (Å²) in [5.74, 6) is -3.06. The summed E-state index contributed by atoms with van der Waals surface area (Å²) in [5.41, 5.74) is -0.452. The lowest BCUT2D eigenvalue weighted by Crippen LogP contribution is -2.38. The van der Waals surface area contributed by atoms with Gasteiger partial charge in [0.15, 0.2) is 0 Å². The van der Waals surface area contributed by atoms with Gasteiger partial charge < -0.3 is 14.6 Å². The van der Waals surface area contributed by atoms with Crippen LogP contribution in [0.25, 0.3) is 0 Å². The minimum absolute atomic E-state index is 0.0940. The number of halogens is 3. The minimum Gasteiger partial charge on any atom is -0.352 e. The molecule has 11 nitrogen and oxygen atoms in total. The van der Waals surface area contributed by atoms with E-state index in [2.05, 4.69) is 31.1 Å². The van der Waals surface area contributed by atoms with Crippen molar-refractivity contribution in [2.45, 2.75) is 252 Å². The second kappa shape index (κ2) is 43.6. The third-order valence-electron chi connectivity index (χ3n) is 12.5. The molecular weight excluding hydrogens is 935 g/mol. The second-order valence-corrected chi connectivity index (χ2v) is 26.7. The van der Waals surface area contributed by atoms with Gasteiger partial charge in [0.1, 0.15) is 6.23 Å². The number of rotatable bonds is 39. The number of aromatic amines is 1. The van der Waals surface area contributed by atoms with Crippen LogP contribution in [0, 0.1) is 6.92 Å². The topological polar surface area (TPSA) is 126 Å². The Labute approximate surface area is 419 Å². The van der Waals surface area contributed by atoms with Gasteiger partial charge in [-0.05, 0) is 107 Å². The van der Waals surface area contributed by atoms with Gasteiger partial charge in [0, 0.05) is 24.8 Å². The lowest BCUT2D eigenvalue weighted by Gasteiger charge is -2.32. The van der Waals surface area contributed by atoms with Crippen molar-refractivity contribution in [3.05, 3.63) is 32.6 Å². The molecule has 1 fully saturated rings. The van der Waals surface area contributed by atoms with Crippen LogP contribution >= 0.6 is 46.6 Å². The maximum atomic E-state index is 12.9. The molecule has 1 aliphatic heterocycles. The van der Waals surface area contributed by atoms with Crippen LogP contribution in [0.4, 0.5) is 0 Å². The molecule has 16 heteroatoms. The summed E-state index contributed by atoms with van der Waals surface area (Å²) in [7, 11) is 5.48. The normalized spacial score (nSPS) is 16.2. The molecule has 2 N–H and O–H groups in total. The third-order valence-corrected chi connectivity index (χ3v) is 17.6. The van der Waals surface area contributed by atoms with Crippen molar-refractivity contribution >= 4 is 46.6 Å². The number of nitrogens with zero attached hydrogens (tertiary/aromatic N) is 3. The van der Waals surface area contributed by atoms with E-state index in [1.54, 1.807) is 30.4 Å². The molecule has 0 aliphatic carbocycles. The van der Waals surface area contributed by atoms with E-state index in [4.69, 9.17) is 43.0 Å². The highest BCUT2D eigenvalue weighted by molar-refractivity contribution is 8.06. The van der Waals surface area contributed by atoms with E-state index in [0.717, 1.165) is 38.6 Å². The van der Waals surface area contributed by atoms with Gasteiger partial charge in [-0.3, -0.25) is 23.5 Å². The predicted molar refractivity (Wildman–Crippen MR) is 287 cm³/mol. The maximum Gasteiger partial charge on any atom is 0.362 e. The number of aryl methyl sites for hydroxylation is 1. The van der Waals surface area contributed by atoms with Crippen LogP contribution in [0.2, 0.25) is 0 Å². The Morgan fingerprint density at radius 2 is 1.05 bits per heavy atom. The van der Waals surface area contributed by atoms with Crippen LogP contribution in [0.1, 0.15) is 244 Å². The average molecular weight is 1040 g/mol. The first-order valence-corrected chi connectivity index (χ1v) is 32.6. The number of hydrogen-bond donors (Lipinski definition) is 2. The summed E-state index contributed by atoms with van der Waals surface area (Å²) < 4.78 is 40.3. The molecule has 1 aliphatic rings. The zero-order valence-corrected chi connectivity index (χ0v) is 47.3. The number of hydrogen-bond acceptors (Lipinski definition) is 7. The molecule has 1 aromatic heterocycles. The lowest BCUT2D eigenvalue weighted by atomic mass is 10.1. The summed E-state index contributed by atoms with van der Waals surface area (Å²) >= 11 is 17.4. The molecule has 1 saturated heterocycles. The minimum atomic E-state index is -3.43. The van der Waals surface area contributed by atoms with Gasteiger partial charge in [0.2, 0.25) is 0 Å². The number of aromatic nitrogens is 2. The summed E-state index contributed by atoms with van der Waals surface area (Å²) in [6.07, 6.45) is 42.6. The van der Waals surface area contributed by atoms with E-state index in [9.17, 15) is 18.7 Å². The zero-order chi connectivity index (χ0) is 49.3. The van der Waals surface area contributed by atoms with Crippen LogP contribution in [0.5, 0.6) is 0 Å². The molecule has 2 heterocycles. The Bertz CT molecular complexity index is 1470. The summed E-state index contributed by atoms with van der Waals surface area (Å²) in [6, 6.07) is 0. The van der Waals surface area contributed by atoms with E-state index in [0.29, 0.717) is 18.5 Å². The third kappa shape index (κ3) is 36.7. The highest BCUT2D eigenvalue weighted by Gasteiger charge is 2.30. The SMILES string of the molecule is CCCCCCCCCCCCN(C)P(=O)(Cl)Cl.CCCCCCCCCCCCN(C)P(=O)(Cl)OC[C@@H]1CCC[C@H](n2cc(C)c(=O)[nH]c2=O)O1.CCCCCCCCCCCCNC. The van der Waals surface area contributed by atoms with Crippen LogP contribution in [0.15, 0.2) is 15.8 Å². The maximum absolute atomic E-state index is 12.9. The number of H-pyrrole nitrogens is 1. The zero-order valence-electron chi connectivity index (χ0n) is 43.2. The molecule has 2 rings (SSSR count). The summed E-state index contributed by atoms with van der Waals surface area (Å²) in [5, 5.41) is 3.19. The molecule has 0 saturated carbocycles. The second-order valence-electron chi connectivity index (χ2n) is 18.7. The Morgan fingerprint density at radius 1 is 0.652 bits per heavy atom. The fourth-order valence-electron chi connectivity index (χ4n) is 7.96. The first-order chi connectivity index (χ1) is 31.6. The van der Waals surface area contributed by atoms with Gasteiger partial charge in [0.05, 0.1) is 12.7 Å². The molecule has 0 aromatic carbocycles. The standard InChI is InChI=1S/C24H43ClN3O5P.C13H28Cl2NOP.C13H29N/c1-4-5-6-7-8-9-10-11-12-13-17-27(3)34(25,31)32-19-21-15-14-16-22(33-21)28-18-20(2)23(29)26-24(28)30;1-3-4-5-6-7-8-9-10-11-12-13-16(2)18(14,15)17;1-3-4-5-6-7-8-9-10-11-12-13-14-2/h18,21-22H,4-17,19H2,1-3H3,(H,26,29,30);3-13H2,1-2H3;14H,3-13H2,1-2H3/t21-,22+,34?;;/m0../s1. The van der Waals surface area contributed by atoms with Crippen molar-refractivity contribution in [3.63, 3.8) is 0 Å². The Hall–Kier alpha value is -0.190. The molecule has 0 radical (unpaired) electrons. The highest BCUT2D eigenvalue weighted by atomic mass is 35.9. The molecule has 392 valence electrons. The van der Waals surface area contributed by atoms with E-state index in [-0.39, 0.29) is 12.7 Å². The first-order valence-electron chi connectivity index (χ1n) is 26.6. The molecule has 1 unspecified atom stereocenters. The molecule has 66 heavy (non-hydrogen) atoms. The largest absolute Gasteiger partial charge is 0.362 e.